The van der Waals surface area contributed by atoms with Crippen LogP contribution >= 0.6 is 0 Å². The summed E-state index contributed by atoms with van der Waals surface area (Å²) < 4.78 is 0. The first-order valence-electron chi connectivity index (χ1n) is 9.08. The van der Waals surface area contributed by atoms with Crippen LogP contribution in [0.1, 0.15) is 36.8 Å². The summed E-state index contributed by atoms with van der Waals surface area (Å²) in [4.78, 5) is 0. The molecule has 0 amide bonds. The van der Waals surface area contributed by atoms with Crippen LogP contribution < -0.4 is 10.6 Å². The van der Waals surface area contributed by atoms with Gasteiger partial charge in [-0.05, 0) is 62.0 Å². The summed E-state index contributed by atoms with van der Waals surface area (Å²) in [6.45, 7) is 6.79. The Labute approximate surface area is 147 Å². The molecule has 2 aromatic rings. The van der Waals surface area contributed by atoms with Crippen molar-refractivity contribution >= 4 is 0 Å². The van der Waals surface area contributed by atoms with Gasteiger partial charge in [0.15, 0.2) is 0 Å². The van der Waals surface area contributed by atoms with E-state index >= 15 is 0 Å². The Kier molecular flexibility index (Phi) is 7.48. The molecule has 0 aromatic heterocycles. The van der Waals surface area contributed by atoms with Gasteiger partial charge in [-0.3, -0.25) is 0 Å². The third-order valence-corrected chi connectivity index (χ3v) is 5.03. The van der Waals surface area contributed by atoms with Gasteiger partial charge in [0.25, 0.3) is 0 Å². The van der Waals surface area contributed by atoms with E-state index in [0.717, 1.165) is 13.1 Å². The molecule has 0 aliphatic carbocycles. The van der Waals surface area contributed by atoms with Crippen LogP contribution in [0.25, 0.3) is 0 Å². The van der Waals surface area contributed by atoms with E-state index in [4.69, 9.17) is 0 Å². The van der Waals surface area contributed by atoms with E-state index in [0.29, 0.717) is 23.7 Å². The minimum Gasteiger partial charge on any atom is -0.319 e. The van der Waals surface area contributed by atoms with Gasteiger partial charge in [0.1, 0.15) is 0 Å². The first kappa shape index (κ1) is 18.7. The van der Waals surface area contributed by atoms with Gasteiger partial charge in [-0.1, -0.05) is 74.5 Å². The van der Waals surface area contributed by atoms with Crippen LogP contribution in [0.15, 0.2) is 60.7 Å². The lowest BCUT2D eigenvalue weighted by molar-refractivity contribution is 0.309. The largest absolute Gasteiger partial charge is 0.319 e. The monoisotopic (exact) mass is 324 g/mol. The van der Waals surface area contributed by atoms with Crippen molar-refractivity contribution in [1.29, 1.82) is 0 Å². The van der Waals surface area contributed by atoms with Crippen LogP contribution in [-0.2, 0) is 0 Å². The van der Waals surface area contributed by atoms with Crippen molar-refractivity contribution in [3.8, 4) is 0 Å². The molecule has 0 unspecified atom stereocenters. The Balaban J connectivity index is 2.47. The molecule has 2 nitrogen and oxygen atoms in total. The van der Waals surface area contributed by atoms with E-state index in [2.05, 4.69) is 85.1 Å². The minimum absolute atomic E-state index is 0.490. The highest BCUT2D eigenvalue weighted by Gasteiger charge is 2.32. The third-order valence-electron chi connectivity index (χ3n) is 5.03. The number of nitrogens with one attached hydrogen (secondary N) is 2. The zero-order valence-corrected chi connectivity index (χ0v) is 15.5. The van der Waals surface area contributed by atoms with Crippen LogP contribution in [0.5, 0.6) is 0 Å². The summed E-state index contributed by atoms with van der Waals surface area (Å²) in [5.41, 5.74) is 2.88. The Morgan fingerprint density at radius 3 is 1.25 bits per heavy atom. The quantitative estimate of drug-likeness (QED) is 0.720. The highest BCUT2D eigenvalue weighted by molar-refractivity contribution is 5.30. The number of benzene rings is 2. The highest BCUT2D eigenvalue weighted by Crippen LogP contribution is 2.42. The molecule has 0 spiro atoms. The van der Waals surface area contributed by atoms with Crippen molar-refractivity contribution < 1.29 is 0 Å². The first-order valence-corrected chi connectivity index (χ1v) is 9.08. The molecule has 0 aliphatic rings. The zero-order chi connectivity index (χ0) is 17.4. The molecule has 130 valence electrons. The fraction of sp³-hybridized carbons (Fsp3) is 0.455. The average Bonchev–Trinajstić information content (AvgIpc) is 2.61. The van der Waals surface area contributed by atoms with E-state index in [1.165, 1.54) is 11.1 Å². The maximum Gasteiger partial charge on any atom is -0.00201 e. The standard InChI is InChI=1S/C22H32N2/c1-17(15-23-3)21(19-11-7-5-8-12-19)22(18(2)16-24-4)20-13-9-6-10-14-20/h5-14,17-18,21-24H,15-16H2,1-4H3/t17-,18+,21-,22-/m1/s1. The summed E-state index contributed by atoms with van der Waals surface area (Å²) in [5.74, 6) is 2.10. The summed E-state index contributed by atoms with van der Waals surface area (Å²) >= 11 is 0. The lowest BCUT2D eigenvalue weighted by Crippen LogP contribution is -2.32. The molecule has 0 bridgehead atoms. The van der Waals surface area contributed by atoms with Gasteiger partial charge < -0.3 is 10.6 Å². The summed E-state index contributed by atoms with van der Waals surface area (Å²) in [7, 11) is 4.10. The number of hydrogen-bond donors (Lipinski definition) is 2. The van der Waals surface area contributed by atoms with E-state index in [1.54, 1.807) is 0 Å². The average molecular weight is 325 g/mol. The zero-order valence-electron chi connectivity index (χ0n) is 15.5. The van der Waals surface area contributed by atoms with E-state index in [-0.39, 0.29) is 0 Å². The Morgan fingerprint density at radius 1 is 0.625 bits per heavy atom. The molecule has 24 heavy (non-hydrogen) atoms. The van der Waals surface area contributed by atoms with Crippen LogP contribution in [0, 0.1) is 11.8 Å². The van der Waals surface area contributed by atoms with Gasteiger partial charge in [0.05, 0.1) is 0 Å². The van der Waals surface area contributed by atoms with Crippen LogP contribution in [0.2, 0.25) is 0 Å². The molecule has 0 saturated heterocycles. The Hall–Kier alpha value is -1.64. The molecule has 0 heterocycles. The maximum absolute atomic E-state index is 3.38. The van der Waals surface area contributed by atoms with Crippen molar-refractivity contribution in [1.82, 2.24) is 10.6 Å². The van der Waals surface area contributed by atoms with Gasteiger partial charge >= 0.3 is 0 Å². The lowest BCUT2D eigenvalue weighted by Gasteiger charge is -2.37. The minimum atomic E-state index is 0.490. The predicted octanol–water partition coefficient (Wildman–Crippen LogP) is 4.27. The molecule has 2 N–H and O–H groups in total. The second-order valence-electron chi connectivity index (χ2n) is 6.94. The molecule has 0 radical (unpaired) electrons. The van der Waals surface area contributed by atoms with Gasteiger partial charge in [-0.2, -0.15) is 0 Å². The lowest BCUT2D eigenvalue weighted by atomic mass is 9.69. The van der Waals surface area contributed by atoms with E-state index < -0.39 is 0 Å². The maximum atomic E-state index is 3.38. The molecular formula is C22H32N2. The Bertz CT molecular complexity index is 514. The molecule has 4 atom stereocenters. The second kappa shape index (κ2) is 9.61. The molecule has 2 heteroatoms. The third kappa shape index (κ3) is 4.68. The summed E-state index contributed by atoms with van der Waals surface area (Å²) in [6, 6.07) is 22.0. The second-order valence-corrected chi connectivity index (χ2v) is 6.94. The fourth-order valence-electron chi connectivity index (χ4n) is 4.03. The molecule has 0 aliphatic heterocycles. The van der Waals surface area contributed by atoms with Crippen molar-refractivity contribution in [2.75, 3.05) is 27.2 Å². The topological polar surface area (TPSA) is 24.1 Å². The number of hydrogen-bond acceptors (Lipinski definition) is 2. The summed E-state index contributed by atoms with van der Waals surface area (Å²) in [6.07, 6.45) is 0. The molecule has 2 aromatic carbocycles. The first-order chi connectivity index (χ1) is 11.7. The Morgan fingerprint density at radius 2 is 0.958 bits per heavy atom. The highest BCUT2D eigenvalue weighted by atomic mass is 14.8. The van der Waals surface area contributed by atoms with E-state index in [9.17, 15) is 0 Å². The fourth-order valence-corrected chi connectivity index (χ4v) is 4.03. The van der Waals surface area contributed by atoms with Crippen molar-refractivity contribution in [3.63, 3.8) is 0 Å². The molecular weight excluding hydrogens is 292 g/mol. The molecule has 0 fully saturated rings. The normalized spacial score (nSPS) is 16.3. The molecule has 0 saturated carbocycles. The van der Waals surface area contributed by atoms with Crippen LogP contribution in [-0.4, -0.2) is 27.2 Å². The van der Waals surface area contributed by atoms with Crippen LogP contribution in [0.3, 0.4) is 0 Å². The predicted molar refractivity (Wildman–Crippen MR) is 105 cm³/mol. The number of rotatable bonds is 9. The smallest absolute Gasteiger partial charge is 0.00201 e. The van der Waals surface area contributed by atoms with Gasteiger partial charge in [0.2, 0.25) is 0 Å². The SMILES string of the molecule is CNC[C@@H](C)[C@H](c1ccccc1)[C@@H](c1ccccc1)[C@@H](C)CNC. The van der Waals surface area contributed by atoms with Gasteiger partial charge in [0, 0.05) is 0 Å². The van der Waals surface area contributed by atoms with Crippen molar-refractivity contribution in [2.24, 2.45) is 11.8 Å². The van der Waals surface area contributed by atoms with Crippen molar-refractivity contribution in [2.45, 2.75) is 25.7 Å². The molecule has 2 rings (SSSR count). The summed E-state index contributed by atoms with van der Waals surface area (Å²) in [5, 5.41) is 6.76. The van der Waals surface area contributed by atoms with Crippen molar-refractivity contribution in [3.05, 3.63) is 71.8 Å². The van der Waals surface area contributed by atoms with Gasteiger partial charge in [-0.15, -0.1) is 0 Å². The van der Waals surface area contributed by atoms with Crippen LogP contribution in [0.4, 0.5) is 0 Å². The van der Waals surface area contributed by atoms with Gasteiger partial charge in [-0.25, -0.2) is 0 Å². The van der Waals surface area contributed by atoms with E-state index in [1.807, 2.05) is 14.1 Å².